The average Bonchev–Trinajstić information content (AvgIpc) is 2.86. The number of anilines is 1. The van der Waals surface area contributed by atoms with Gasteiger partial charge in [0.2, 0.25) is 5.91 Å². The third-order valence-corrected chi connectivity index (χ3v) is 4.09. The molecule has 0 unspecified atom stereocenters. The Morgan fingerprint density at radius 2 is 2.00 bits per heavy atom. The summed E-state index contributed by atoms with van der Waals surface area (Å²) in [6, 6.07) is 3.56. The molecule has 2 N–H and O–H groups in total. The molecule has 112 valence electrons. The van der Waals surface area contributed by atoms with Crippen molar-refractivity contribution in [3.05, 3.63) is 17.0 Å². The van der Waals surface area contributed by atoms with Gasteiger partial charge in [-0.2, -0.15) is 0 Å². The van der Waals surface area contributed by atoms with Gasteiger partial charge in [-0.25, -0.2) is 0 Å². The fourth-order valence-electron chi connectivity index (χ4n) is 2.12. The maximum atomic E-state index is 12.5. The summed E-state index contributed by atoms with van der Waals surface area (Å²) in [6.45, 7) is 5.78. The molecule has 0 atom stereocenters. The molecular weight excluding hydrogens is 276 g/mol. The van der Waals surface area contributed by atoms with E-state index in [4.69, 9.17) is 5.11 Å². The number of nitrogens with zero attached hydrogens (tertiary/aromatic N) is 1. The summed E-state index contributed by atoms with van der Waals surface area (Å²) in [4.78, 5) is 25.8. The first-order chi connectivity index (χ1) is 9.53. The molecule has 0 spiro atoms. The average molecular weight is 298 g/mol. The molecule has 0 aromatic carbocycles. The lowest BCUT2D eigenvalue weighted by Gasteiger charge is -2.29. The Balaban J connectivity index is 2.88. The second-order valence-corrected chi connectivity index (χ2v) is 5.62. The van der Waals surface area contributed by atoms with Crippen LogP contribution in [0.1, 0.15) is 43.3 Å². The lowest BCUT2D eigenvalue weighted by molar-refractivity contribution is -0.114. The van der Waals surface area contributed by atoms with Crippen LogP contribution in [0.15, 0.2) is 12.1 Å². The van der Waals surface area contributed by atoms with Crippen LogP contribution in [0.3, 0.4) is 0 Å². The molecule has 20 heavy (non-hydrogen) atoms. The predicted octanol–water partition coefficient (Wildman–Crippen LogP) is 2.33. The van der Waals surface area contributed by atoms with Crippen LogP contribution in [0.25, 0.3) is 0 Å². The quantitative estimate of drug-likeness (QED) is 0.811. The molecule has 0 aliphatic carbocycles. The van der Waals surface area contributed by atoms with E-state index in [-0.39, 0.29) is 24.5 Å². The van der Waals surface area contributed by atoms with Crippen LogP contribution in [-0.2, 0) is 4.79 Å². The molecule has 1 rings (SSSR count). The van der Waals surface area contributed by atoms with E-state index in [9.17, 15) is 9.59 Å². The number of aliphatic hydroxyl groups is 1. The first kappa shape index (κ1) is 16.7. The Kier molecular flexibility index (Phi) is 6.67. The molecule has 0 bridgehead atoms. The maximum Gasteiger partial charge on any atom is 0.264 e. The van der Waals surface area contributed by atoms with Gasteiger partial charge >= 0.3 is 0 Å². The van der Waals surface area contributed by atoms with Gasteiger partial charge in [-0.3, -0.25) is 9.59 Å². The Bertz CT molecular complexity index is 455. The Labute approximate surface area is 123 Å². The van der Waals surface area contributed by atoms with Crippen molar-refractivity contribution < 1.29 is 14.7 Å². The zero-order valence-corrected chi connectivity index (χ0v) is 13.0. The highest BCUT2D eigenvalue weighted by Crippen LogP contribution is 2.24. The zero-order chi connectivity index (χ0) is 15.1. The minimum Gasteiger partial charge on any atom is -0.395 e. The Hall–Kier alpha value is -1.40. The van der Waals surface area contributed by atoms with Gasteiger partial charge in [0.1, 0.15) is 0 Å². The fourth-order valence-corrected chi connectivity index (χ4v) is 3.03. The van der Waals surface area contributed by atoms with Gasteiger partial charge in [-0.15, -0.1) is 11.3 Å². The van der Waals surface area contributed by atoms with Crippen LogP contribution >= 0.6 is 11.3 Å². The summed E-state index contributed by atoms with van der Waals surface area (Å²) in [5.74, 6) is -0.243. The maximum absolute atomic E-state index is 12.5. The fraction of sp³-hybridized carbons (Fsp3) is 0.571. The highest BCUT2D eigenvalue weighted by atomic mass is 32.1. The molecule has 0 aliphatic rings. The summed E-state index contributed by atoms with van der Waals surface area (Å²) in [5.41, 5.74) is 0. The van der Waals surface area contributed by atoms with Crippen LogP contribution in [0, 0.1) is 0 Å². The van der Waals surface area contributed by atoms with E-state index in [1.54, 1.807) is 17.0 Å². The van der Waals surface area contributed by atoms with Crippen molar-refractivity contribution in [2.24, 2.45) is 0 Å². The van der Waals surface area contributed by atoms with Gasteiger partial charge in [-0.1, -0.05) is 13.8 Å². The van der Waals surface area contributed by atoms with Crippen molar-refractivity contribution in [2.75, 3.05) is 18.5 Å². The van der Waals surface area contributed by atoms with E-state index < -0.39 is 0 Å². The van der Waals surface area contributed by atoms with E-state index in [0.717, 1.165) is 12.8 Å². The Morgan fingerprint density at radius 3 is 2.50 bits per heavy atom. The number of carbonyl (C=O) groups excluding carboxylic acids is 2. The topological polar surface area (TPSA) is 69.6 Å². The first-order valence-corrected chi connectivity index (χ1v) is 7.64. The smallest absolute Gasteiger partial charge is 0.264 e. The number of thiophene rings is 1. The van der Waals surface area contributed by atoms with Crippen molar-refractivity contribution in [3.8, 4) is 0 Å². The van der Waals surface area contributed by atoms with E-state index in [1.807, 2.05) is 13.8 Å². The van der Waals surface area contributed by atoms with Crippen molar-refractivity contribution in [1.29, 1.82) is 0 Å². The molecular formula is C14H22N2O3S. The largest absolute Gasteiger partial charge is 0.395 e. The lowest BCUT2D eigenvalue weighted by Crippen LogP contribution is -2.41. The molecule has 1 heterocycles. The third-order valence-electron chi connectivity index (χ3n) is 3.10. The van der Waals surface area contributed by atoms with E-state index in [0.29, 0.717) is 16.4 Å². The molecule has 1 aromatic rings. The highest BCUT2D eigenvalue weighted by Gasteiger charge is 2.23. The number of nitrogens with one attached hydrogen (secondary N) is 1. The monoisotopic (exact) mass is 298 g/mol. The molecule has 0 saturated heterocycles. The SMILES string of the molecule is CCC(CC)N(CCO)C(=O)c1ccc(NC(C)=O)s1. The number of aliphatic hydroxyl groups excluding tert-OH is 1. The molecule has 5 nitrogen and oxygen atoms in total. The third kappa shape index (κ3) is 4.31. The molecule has 0 fully saturated rings. The van der Waals surface area contributed by atoms with Gasteiger partial charge in [0.25, 0.3) is 5.91 Å². The van der Waals surface area contributed by atoms with Crippen LogP contribution in [0.4, 0.5) is 5.00 Å². The number of amides is 2. The first-order valence-electron chi connectivity index (χ1n) is 6.82. The molecule has 2 amide bonds. The van der Waals surface area contributed by atoms with E-state index >= 15 is 0 Å². The summed E-state index contributed by atoms with van der Waals surface area (Å²) in [6.07, 6.45) is 1.71. The minimum atomic E-state index is -0.155. The van der Waals surface area contributed by atoms with Crippen molar-refractivity contribution in [2.45, 2.75) is 39.7 Å². The Morgan fingerprint density at radius 1 is 1.35 bits per heavy atom. The molecule has 0 aliphatic heterocycles. The molecule has 0 saturated carbocycles. The molecule has 0 radical (unpaired) electrons. The van der Waals surface area contributed by atoms with E-state index in [2.05, 4.69) is 5.32 Å². The van der Waals surface area contributed by atoms with Crippen molar-refractivity contribution in [3.63, 3.8) is 0 Å². The summed E-state index contributed by atoms with van der Waals surface area (Å²) in [5, 5.41) is 12.5. The van der Waals surface area contributed by atoms with Crippen LogP contribution in [0.2, 0.25) is 0 Å². The van der Waals surface area contributed by atoms with Crippen molar-refractivity contribution in [1.82, 2.24) is 4.90 Å². The van der Waals surface area contributed by atoms with Gasteiger partial charge in [0.05, 0.1) is 16.5 Å². The minimum absolute atomic E-state index is 0.0494. The van der Waals surface area contributed by atoms with Crippen molar-refractivity contribution >= 4 is 28.2 Å². The standard InChI is InChI=1S/C14H22N2O3S/c1-4-11(5-2)16(8-9-17)14(19)12-6-7-13(20-12)15-10(3)18/h6-7,11,17H,4-5,8-9H2,1-3H3,(H,15,18). The second-order valence-electron chi connectivity index (χ2n) is 4.54. The normalized spacial score (nSPS) is 10.7. The zero-order valence-electron chi connectivity index (χ0n) is 12.2. The van der Waals surface area contributed by atoms with Gasteiger partial charge in [-0.05, 0) is 25.0 Å². The number of rotatable bonds is 7. The van der Waals surface area contributed by atoms with Crippen LogP contribution < -0.4 is 5.32 Å². The number of carbonyl (C=O) groups is 2. The molecule has 1 aromatic heterocycles. The van der Waals surface area contributed by atoms with Gasteiger partial charge in [0.15, 0.2) is 0 Å². The highest BCUT2D eigenvalue weighted by molar-refractivity contribution is 7.18. The summed E-state index contributed by atoms with van der Waals surface area (Å²) >= 11 is 1.26. The van der Waals surface area contributed by atoms with Crippen LogP contribution in [0.5, 0.6) is 0 Å². The lowest BCUT2D eigenvalue weighted by atomic mass is 10.1. The number of hydrogen-bond acceptors (Lipinski definition) is 4. The van der Waals surface area contributed by atoms with Gasteiger partial charge in [0, 0.05) is 19.5 Å². The van der Waals surface area contributed by atoms with Crippen LogP contribution in [-0.4, -0.2) is 41.0 Å². The number of hydrogen-bond donors (Lipinski definition) is 2. The summed E-state index contributed by atoms with van der Waals surface area (Å²) in [7, 11) is 0. The predicted molar refractivity (Wildman–Crippen MR) is 81.1 cm³/mol. The van der Waals surface area contributed by atoms with Gasteiger partial charge < -0.3 is 15.3 Å². The summed E-state index contributed by atoms with van der Waals surface area (Å²) < 4.78 is 0. The van der Waals surface area contributed by atoms with E-state index in [1.165, 1.54) is 18.3 Å². The molecule has 6 heteroatoms. The second kappa shape index (κ2) is 8.01.